The Bertz CT molecular complexity index is 703. The molecule has 1 fully saturated rings. The second-order valence-electron chi connectivity index (χ2n) is 6.06. The van der Waals surface area contributed by atoms with Gasteiger partial charge in [0.25, 0.3) is 5.91 Å². The lowest BCUT2D eigenvalue weighted by Gasteiger charge is -2.35. The predicted octanol–water partition coefficient (Wildman–Crippen LogP) is 3.49. The number of amides is 1. The number of rotatable bonds is 3. The summed E-state index contributed by atoms with van der Waals surface area (Å²) >= 11 is 0. The summed E-state index contributed by atoms with van der Waals surface area (Å²) < 4.78 is 11.5. The first-order valence-corrected chi connectivity index (χ1v) is 8.19. The Morgan fingerprint density at radius 3 is 2.57 bits per heavy atom. The molecule has 2 aromatic carbocycles. The number of morpholine rings is 1. The zero-order valence-electron chi connectivity index (χ0n) is 13.9. The van der Waals surface area contributed by atoms with E-state index in [1.165, 1.54) is 0 Å². The molecule has 1 aliphatic heterocycles. The van der Waals surface area contributed by atoms with Crippen LogP contribution in [0.1, 0.15) is 31.1 Å². The molecule has 2 aromatic rings. The summed E-state index contributed by atoms with van der Waals surface area (Å²) in [6.07, 6.45) is 0.0986. The van der Waals surface area contributed by atoms with Crippen molar-refractivity contribution in [2.45, 2.75) is 33.0 Å². The third-order valence-electron chi connectivity index (χ3n) is 4.11. The molecular weight excluding hydrogens is 290 g/mol. The fourth-order valence-corrected chi connectivity index (χ4v) is 3.25. The molecule has 0 aliphatic carbocycles. The van der Waals surface area contributed by atoms with E-state index in [-0.39, 0.29) is 18.1 Å². The van der Waals surface area contributed by atoms with Crippen LogP contribution in [-0.4, -0.2) is 42.7 Å². The van der Waals surface area contributed by atoms with Crippen molar-refractivity contribution in [3.8, 4) is 5.75 Å². The van der Waals surface area contributed by atoms with Crippen LogP contribution in [0.4, 0.5) is 0 Å². The molecule has 0 bridgehead atoms. The number of nitrogens with zero attached hydrogens (tertiary/aromatic N) is 1. The van der Waals surface area contributed by atoms with E-state index in [1.54, 1.807) is 0 Å². The number of benzene rings is 2. The average Bonchev–Trinajstić information content (AvgIpc) is 2.53. The molecule has 4 heteroatoms. The maximum absolute atomic E-state index is 13.2. The van der Waals surface area contributed by atoms with Gasteiger partial charge in [0, 0.05) is 13.1 Å². The minimum absolute atomic E-state index is 0.0206. The number of carbonyl (C=O) groups is 1. The standard InChI is InChI=1S/C19H23NO3/c1-4-22-17-10-9-15-7-5-6-8-16(15)18(17)19(21)20-11-13(2)23-14(3)12-20/h5-10,13-14H,4,11-12H2,1-3H3. The zero-order valence-corrected chi connectivity index (χ0v) is 13.9. The summed E-state index contributed by atoms with van der Waals surface area (Å²) in [5, 5.41) is 1.99. The lowest BCUT2D eigenvalue weighted by Crippen LogP contribution is -2.48. The Hall–Kier alpha value is -2.07. The first-order chi connectivity index (χ1) is 11.1. The van der Waals surface area contributed by atoms with E-state index < -0.39 is 0 Å². The molecule has 3 rings (SSSR count). The van der Waals surface area contributed by atoms with Crippen LogP contribution < -0.4 is 4.74 Å². The fourth-order valence-electron chi connectivity index (χ4n) is 3.25. The van der Waals surface area contributed by atoms with Crippen LogP contribution >= 0.6 is 0 Å². The van der Waals surface area contributed by atoms with Gasteiger partial charge in [-0.25, -0.2) is 0 Å². The van der Waals surface area contributed by atoms with Crippen LogP contribution in [0, 0.1) is 0 Å². The van der Waals surface area contributed by atoms with Crippen LogP contribution in [0.5, 0.6) is 5.75 Å². The molecular formula is C19H23NO3. The van der Waals surface area contributed by atoms with Crippen molar-refractivity contribution in [3.05, 3.63) is 42.0 Å². The minimum Gasteiger partial charge on any atom is -0.493 e. The number of hydrogen-bond donors (Lipinski definition) is 0. The van der Waals surface area contributed by atoms with Crippen LogP contribution in [0.15, 0.2) is 36.4 Å². The molecule has 0 aromatic heterocycles. The summed E-state index contributed by atoms with van der Waals surface area (Å²) in [4.78, 5) is 15.1. The van der Waals surface area contributed by atoms with Crippen molar-refractivity contribution in [2.24, 2.45) is 0 Å². The van der Waals surface area contributed by atoms with Crippen molar-refractivity contribution in [1.82, 2.24) is 4.90 Å². The van der Waals surface area contributed by atoms with Crippen LogP contribution in [0.25, 0.3) is 10.8 Å². The van der Waals surface area contributed by atoms with E-state index >= 15 is 0 Å². The molecule has 0 saturated carbocycles. The summed E-state index contributed by atoms with van der Waals surface area (Å²) in [7, 11) is 0. The first kappa shape index (κ1) is 15.8. The molecule has 2 atom stereocenters. The molecule has 0 N–H and O–H groups in total. The fraction of sp³-hybridized carbons (Fsp3) is 0.421. The van der Waals surface area contributed by atoms with Gasteiger partial charge in [0.2, 0.25) is 0 Å². The Balaban J connectivity index is 2.05. The molecule has 23 heavy (non-hydrogen) atoms. The topological polar surface area (TPSA) is 38.8 Å². The van der Waals surface area contributed by atoms with Gasteiger partial charge >= 0.3 is 0 Å². The third kappa shape index (κ3) is 3.17. The summed E-state index contributed by atoms with van der Waals surface area (Å²) in [6, 6.07) is 11.8. The first-order valence-electron chi connectivity index (χ1n) is 8.19. The normalized spacial score (nSPS) is 21.4. The number of hydrogen-bond acceptors (Lipinski definition) is 3. The average molecular weight is 313 g/mol. The second kappa shape index (κ2) is 6.59. The van der Waals surface area contributed by atoms with Crippen LogP contribution in [0.2, 0.25) is 0 Å². The predicted molar refractivity (Wildman–Crippen MR) is 91.0 cm³/mol. The van der Waals surface area contributed by atoms with Gasteiger partial charge in [-0.1, -0.05) is 30.3 Å². The molecule has 0 radical (unpaired) electrons. The Labute approximate surface area is 137 Å². The second-order valence-corrected chi connectivity index (χ2v) is 6.06. The quantitative estimate of drug-likeness (QED) is 0.870. The molecule has 1 aliphatic rings. The van der Waals surface area contributed by atoms with Gasteiger partial charge < -0.3 is 14.4 Å². The highest BCUT2D eigenvalue weighted by molar-refractivity contribution is 6.09. The zero-order chi connectivity index (χ0) is 16.4. The van der Waals surface area contributed by atoms with Gasteiger partial charge in [0.05, 0.1) is 24.4 Å². The number of fused-ring (bicyclic) bond motifs is 1. The van der Waals surface area contributed by atoms with Gasteiger partial charge in [-0.05, 0) is 37.6 Å². The molecule has 1 heterocycles. The van der Waals surface area contributed by atoms with Crippen molar-refractivity contribution >= 4 is 16.7 Å². The summed E-state index contributed by atoms with van der Waals surface area (Å²) in [6.45, 7) is 7.69. The van der Waals surface area contributed by atoms with E-state index in [9.17, 15) is 4.79 Å². The van der Waals surface area contributed by atoms with Gasteiger partial charge in [-0.2, -0.15) is 0 Å². The van der Waals surface area contributed by atoms with Gasteiger partial charge in [-0.15, -0.1) is 0 Å². The van der Waals surface area contributed by atoms with E-state index in [1.807, 2.05) is 62.1 Å². The highest BCUT2D eigenvalue weighted by atomic mass is 16.5. The van der Waals surface area contributed by atoms with Gasteiger partial charge in [0.15, 0.2) is 0 Å². The van der Waals surface area contributed by atoms with E-state index in [4.69, 9.17) is 9.47 Å². The molecule has 1 saturated heterocycles. The molecule has 4 nitrogen and oxygen atoms in total. The highest BCUT2D eigenvalue weighted by Crippen LogP contribution is 2.30. The molecule has 1 amide bonds. The van der Waals surface area contributed by atoms with Crippen molar-refractivity contribution in [1.29, 1.82) is 0 Å². The summed E-state index contributed by atoms with van der Waals surface area (Å²) in [5.74, 6) is 0.676. The Kier molecular flexibility index (Phi) is 4.53. The van der Waals surface area contributed by atoms with Gasteiger partial charge in [0.1, 0.15) is 5.75 Å². The van der Waals surface area contributed by atoms with Gasteiger partial charge in [-0.3, -0.25) is 4.79 Å². The van der Waals surface area contributed by atoms with E-state index in [0.717, 1.165) is 10.8 Å². The maximum Gasteiger partial charge on any atom is 0.258 e. The minimum atomic E-state index is 0.0206. The number of carbonyl (C=O) groups excluding carboxylic acids is 1. The lowest BCUT2D eigenvalue weighted by atomic mass is 10.0. The van der Waals surface area contributed by atoms with Crippen molar-refractivity contribution in [2.75, 3.05) is 19.7 Å². The monoisotopic (exact) mass is 313 g/mol. The molecule has 122 valence electrons. The molecule has 2 unspecified atom stereocenters. The van der Waals surface area contributed by atoms with Crippen molar-refractivity contribution < 1.29 is 14.3 Å². The maximum atomic E-state index is 13.2. The third-order valence-corrected chi connectivity index (χ3v) is 4.11. The van der Waals surface area contributed by atoms with E-state index in [0.29, 0.717) is 31.0 Å². The lowest BCUT2D eigenvalue weighted by molar-refractivity contribution is -0.0586. The summed E-state index contributed by atoms with van der Waals surface area (Å²) in [5.41, 5.74) is 0.659. The van der Waals surface area contributed by atoms with Crippen LogP contribution in [-0.2, 0) is 4.74 Å². The smallest absolute Gasteiger partial charge is 0.258 e. The van der Waals surface area contributed by atoms with Crippen LogP contribution in [0.3, 0.4) is 0 Å². The Morgan fingerprint density at radius 2 is 1.87 bits per heavy atom. The highest BCUT2D eigenvalue weighted by Gasteiger charge is 2.29. The Morgan fingerprint density at radius 1 is 1.17 bits per heavy atom. The van der Waals surface area contributed by atoms with Crippen molar-refractivity contribution in [3.63, 3.8) is 0 Å². The molecule has 0 spiro atoms. The largest absolute Gasteiger partial charge is 0.493 e. The van der Waals surface area contributed by atoms with E-state index in [2.05, 4.69) is 0 Å². The SMILES string of the molecule is CCOc1ccc2ccccc2c1C(=O)N1CC(C)OC(C)C1. The number of ether oxygens (including phenoxy) is 2.